The Hall–Kier alpha value is -1.40. The van der Waals surface area contributed by atoms with E-state index in [1.165, 1.54) is 6.20 Å². The van der Waals surface area contributed by atoms with Gasteiger partial charge in [-0.3, -0.25) is 4.89 Å². The third-order valence-corrected chi connectivity index (χ3v) is 2.50. The first-order valence-electron chi connectivity index (χ1n) is 4.90. The quantitative estimate of drug-likeness (QED) is 0.578. The minimum atomic E-state index is 0.314. The summed E-state index contributed by atoms with van der Waals surface area (Å²) in [4.78, 5) is 19.2. The number of nitrogens with two attached hydrogens (primary N) is 1. The molecular formula is C9H14N4O2. The van der Waals surface area contributed by atoms with Crippen LogP contribution in [0.1, 0.15) is 13.3 Å². The summed E-state index contributed by atoms with van der Waals surface area (Å²) in [6.07, 6.45) is 4.32. The molecule has 1 aliphatic heterocycles. The largest absolute Gasteiger partial charge is 0.352 e. The third kappa shape index (κ3) is 2.16. The lowest BCUT2D eigenvalue weighted by atomic mass is 10.2. The number of anilines is 1. The molecule has 0 saturated carbocycles. The van der Waals surface area contributed by atoms with E-state index in [1.54, 1.807) is 6.20 Å². The monoisotopic (exact) mass is 210 g/mol. The molecule has 0 amide bonds. The predicted molar refractivity (Wildman–Crippen MR) is 53.9 cm³/mol. The van der Waals surface area contributed by atoms with Crippen molar-refractivity contribution in [1.82, 2.24) is 9.97 Å². The maximum atomic E-state index is 4.85. The van der Waals surface area contributed by atoms with Gasteiger partial charge in [0.25, 0.3) is 0 Å². The zero-order valence-corrected chi connectivity index (χ0v) is 8.59. The molecular weight excluding hydrogens is 196 g/mol. The van der Waals surface area contributed by atoms with Crippen molar-refractivity contribution >= 4 is 5.82 Å². The highest BCUT2D eigenvalue weighted by molar-refractivity contribution is 5.48. The number of hydrogen-bond donors (Lipinski definition) is 1. The molecule has 1 saturated heterocycles. The first-order valence-corrected chi connectivity index (χ1v) is 4.90. The Balaban J connectivity index is 2.19. The van der Waals surface area contributed by atoms with Gasteiger partial charge in [-0.15, -0.1) is 0 Å². The van der Waals surface area contributed by atoms with Crippen LogP contribution < -0.4 is 15.7 Å². The molecule has 1 atom stereocenters. The maximum Gasteiger partial charge on any atom is 0.301 e. The van der Waals surface area contributed by atoms with Gasteiger partial charge in [-0.2, -0.15) is 5.90 Å². The van der Waals surface area contributed by atoms with E-state index in [1.807, 2.05) is 0 Å². The van der Waals surface area contributed by atoms with Crippen LogP contribution in [0.25, 0.3) is 0 Å². The topological polar surface area (TPSA) is 73.5 Å². The first-order chi connectivity index (χ1) is 7.31. The Bertz CT molecular complexity index is 334. The molecule has 1 aromatic rings. The van der Waals surface area contributed by atoms with Crippen molar-refractivity contribution in [2.24, 2.45) is 11.8 Å². The van der Waals surface area contributed by atoms with Crippen LogP contribution in [0.2, 0.25) is 0 Å². The summed E-state index contributed by atoms with van der Waals surface area (Å²) in [5, 5.41) is 0. The molecule has 6 nitrogen and oxygen atoms in total. The normalized spacial score (nSPS) is 20.7. The molecule has 1 aromatic heterocycles. The summed E-state index contributed by atoms with van der Waals surface area (Å²) in [6, 6.07) is 0. The van der Waals surface area contributed by atoms with E-state index >= 15 is 0 Å². The van der Waals surface area contributed by atoms with Gasteiger partial charge in [-0.05, 0) is 12.3 Å². The Kier molecular flexibility index (Phi) is 2.98. The predicted octanol–water partition coefficient (Wildman–Crippen LogP) is 0.507. The summed E-state index contributed by atoms with van der Waals surface area (Å²) < 4.78 is 0. The van der Waals surface area contributed by atoms with Gasteiger partial charge < -0.3 is 4.90 Å². The third-order valence-electron chi connectivity index (χ3n) is 2.50. The van der Waals surface area contributed by atoms with Crippen LogP contribution in [0.15, 0.2) is 12.4 Å². The van der Waals surface area contributed by atoms with E-state index in [0.717, 1.165) is 19.5 Å². The molecule has 2 rings (SSSR count). The van der Waals surface area contributed by atoms with Crippen LogP contribution in [0.3, 0.4) is 0 Å². The van der Waals surface area contributed by atoms with Gasteiger partial charge in [0.1, 0.15) is 0 Å². The number of rotatable bonds is 3. The Morgan fingerprint density at radius 3 is 2.93 bits per heavy atom. The van der Waals surface area contributed by atoms with Gasteiger partial charge in [0, 0.05) is 25.5 Å². The average molecular weight is 210 g/mol. The van der Waals surface area contributed by atoms with Crippen LogP contribution in [0.4, 0.5) is 5.82 Å². The van der Waals surface area contributed by atoms with Crippen LogP contribution in [-0.4, -0.2) is 23.1 Å². The van der Waals surface area contributed by atoms with Gasteiger partial charge in [0.2, 0.25) is 0 Å². The number of aromatic nitrogens is 2. The van der Waals surface area contributed by atoms with Gasteiger partial charge in [-0.1, -0.05) is 11.9 Å². The maximum absolute atomic E-state index is 4.85. The summed E-state index contributed by atoms with van der Waals surface area (Å²) in [5.41, 5.74) is 0. The lowest BCUT2D eigenvalue weighted by molar-refractivity contribution is -0.214. The highest BCUT2D eigenvalue weighted by Gasteiger charge is 2.23. The smallest absolute Gasteiger partial charge is 0.301 e. The van der Waals surface area contributed by atoms with Crippen molar-refractivity contribution in [3.63, 3.8) is 0 Å². The standard InChI is InChI=1S/C9H14N4O2/c1-7-2-5-13(6-7)8-9(14-15-10)12-4-3-11-8/h3-4,7H,2,5-6,10H2,1H3. The van der Waals surface area contributed by atoms with Crippen LogP contribution >= 0.6 is 0 Å². The van der Waals surface area contributed by atoms with E-state index in [4.69, 9.17) is 10.8 Å². The molecule has 0 spiro atoms. The van der Waals surface area contributed by atoms with E-state index < -0.39 is 0 Å². The Labute approximate surface area is 87.9 Å². The van der Waals surface area contributed by atoms with Crippen LogP contribution in [0, 0.1) is 5.92 Å². The lowest BCUT2D eigenvalue weighted by Gasteiger charge is -2.17. The molecule has 1 unspecified atom stereocenters. The van der Waals surface area contributed by atoms with Crippen molar-refractivity contribution in [3.05, 3.63) is 12.4 Å². The first kappa shape index (κ1) is 10.1. The fourth-order valence-corrected chi connectivity index (χ4v) is 1.77. The fraction of sp³-hybridized carbons (Fsp3) is 0.556. The minimum Gasteiger partial charge on any atom is -0.352 e. The highest BCUT2D eigenvalue weighted by atomic mass is 17.3. The van der Waals surface area contributed by atoms with Crippen molar-refractivity contribution < 1.29 is 9.88 Å². The molecule has 82 valence electrons. The van der Waals surface area contributed by atoms with Gasteiger partial charge in [0.15, 0.2) is 5.82 Å². The van der Waals surface area contributed by atoms with E-state index in [0.29, 0.717) is 17.6 Å². The molecule has 0 aromatic carbocycles. The zero-order chi connectivity index (χ0) is 10.7. The van der Waals surface area contributed by atoms with Gasteiger partial charge >= 0.3 is 5.88 Å². The second-order valence-electron chi connectivity index (χ2n) is 3.70. The molecule has 0 radical (unpaired) electrons. The molecule has 2 N–H and O–H groups in total. The van der Waals surface area contributed by atoms with Gasteiger partial charge in [-0.25, -0.2) is 9.97 Å². The molecule has 15 heavy (non-hydrogen) atoms. The molecule has 0 bridgehead atoms. The zero-order valence-electron chi connectivity index (χ0n) is 8.59. The van der Waals surface area contributed by atoms with Crippen molar-refractivity contribution in [1.29, 1.82) is 0 Å². The minimum absolute atomic E-state index is 0.314. The van der Waals surface area contributed by atoms with Crippen LogP contribution in [0.5, 0.6) is 5.88 Å². The summed E-state index contributed by atoms with van der Waals surface area (Å²) >= 11 is 0. The molecule has 2 heterocycles. The van der Waals surface area contributed by atoms with E-state index in [2.05, 4.69) is 26.8 Å². The molecule has 6 heteroatoms. The average Bonchev–Trinajstić information content (AvgIpc) is 2.66. The second kappa shape index (κ2) is 4.41. The summed E-state index contributed by atoms with van der Waals surface area (Å²) in [5.74, 6) is 6.51. The Morgan fingerprint density at radius 2 is 2.27 bits per heavy atom. The highest BCUT2D eigenvalue weighted by Crippen LogP contribution is 2.27. The van der Waals surface area contributed by atoms with Crippen molar-refractivity contribution in [2.45, 2.75) is 13.3 Å². The fourth-order valence-electron chi connectivity index (χ4n) is 1.77. The lowest BCUT2D eigenvalue weighted by Crippen LogP contribution is -2.22. The molecule has 0 aliphatic carbocycles. The Morgan fingerprint density at radius 1 is 1.47 bits per heavy atom. The molecule has 1 aliphatic rings. The SMILES string of the molecule is CC1CCN(c2nccnc2OON)C1. The van der Waals surface area contributed by atoms with E-state index in [9.17, 15) is 0 Å². The van der Waals surface area contributed by atoms with Gasteiger partial charge in [0.05, 0.1) is 0 Å². The second-order valence-corrected chi connectivity index (χ2v) is 3.70. The summed E-state index contributed by atoms with van der Waals surface area (Å²) in [6.45, 7) is 4.12. The van der Waals surface area contributed by atoms with Crippen molar-refractivity contribution in [2.75, 3.05) is 18.0 Å². The van der Waals surface area contributed by atoms with Crippen LogP contribution in [-0.2, 0) is 4.99 Å². The molecule has 1 fully saturated rings. The van der Waals surface area contributed by atoms with Crippen molar-refractivity contribution in [3.8, 4) is 5.88 Å². The van der Waals surface area contributed by atoms with E-state index in [-0.39, 0.29) is 0 Å². The number of nitrogens with zero attached hydrogens (tertiary/aromatic N) is 3. The summed E-state index contributed by atoms with van der Waals surface area (Å²) in [7, 11) is 0. The number of hydrogen-bond acceptors (Lipinski definition) is 6.